The Bertz CT molecular complexity index is 658. The summed E-state index contributed by atoms with van der Waals surface area (Å²) in [6.07, 6.45) is 0.547. The number of aromatic hydroxyl groups is 2. The third-order valence-corrected chi connectivity index (χ3v) is 3.42. The predicted molar refractivity (Wildman–Crippen MR) is 94.8 cm³/mol. The smallest absolute Gasteiger partial charge is 0.320 e. The van der Waals surface area contributed by atoms with Gasteiger partial charge in [0.1, 0.15) is 23.6 Å². The Morgan fingerprint density at radius 2 is 0.963 bits per heavy atom. The van der Waals surface area contributed by atoms with E-state index in [0.717, 1.165) is 11.1 Å². The van der Waals surface area contributed by atoms with Crippen LogP contribution in [0.15, 0.2) is 48.5 Å². The molecule has 0 aliphatic carbocycles. The van der Waals surface area contributed by atoms with E-state index in [1.54, 1.807) is 24.3 Å². The van der Waals surface area contributed by atoms with Gasteiger partial charge in [0, 0.05) is 17.1 Å². The summed E-state index contributed by atoms with van der Waals surface area (Å²) in [4.78, 5) is 20.8. The van der Waals surface area contributed by atoms with E-state index in [1.165, 1.54) is 24.3 Å². The van der Waals surface area contributed by atoms with Crippen molar-refractivity contribution in [1.82, 2.24) is 0 Å². The van der Waals surface area contributed by atoms with E-state index in [4.69, 9.17) is 31.9 Å². The number of carboxylic acids is 2. The summed E-state index contributed by atoms with van der Waals surface area (Å²) in [6, 6.07) is 10.8. The molecule has 8 nitrogen and oxygen atoms in total. The first-order chi connectivity index (χ1) is 12.2. The minimum Gasteiger partial charge on any atom is -0.508 e. The largest absolute Gasteiger partial charge is 0.508 e. The molecular formula is C18H22FeN2O6. The second-order valence-electron chi connectivity index (χ2n) is 5.63. The van der Waals surface area contributed by atoms with E-state index in [9.17, 15) is 9.59 Å². The molecule has 0 saturated heterocycles. The first-order valence-electron chi connectivity index (χ1n) is 7.71. The predicted octanol–water partition coefficient (Wildman–Crippen LogP) is 0.691. The van der Waals surface area contributed by atoms with Crippen LogP contribution in [0.5, 0.6) is 11.5 Å². The molecule has 148 valence electrons. The number of benzene rings is 2. The summed E-state index contributed by atoms with van der Waals surface area (Å²) >= 11 is 0. The van der Waals surface area contributed by atoms with Crippen molar-refractivity contribution in [3.8, 4) is 11.5 Å². The van der Waals surface area contributed by atoms with E-state index in [1.807, 2.05) is 0 Å². The van der Waals surface area contributed by atoms with Crippen LogP contribution in [-0.4, -0.2) is 44.4 Å². The molecule has 0 bridgehead atoms. The zero-order valence-corrected chi connectivity index (χ0v) is 15.4. The summed E-state index contributed by atoms with van der Waals surface area (Å²) in [5, 5.41) is 35.0. The molecule has 0 fully saturated rings. The van der Waals surface area contributed by atoms with Crippen molar-refractivity contribution in [1.29, 1.82) is 0 Å². The fourth-order valence-corrected chi connectivity index (χ4v) is 1.95. The van der Waals surface area contributed by atoms with Gasteiger partial charge in [-0.25, -0.2) is 0 Å². The molecule has 0 saturated carbocycles. The number of hydrogen-bond acceptors (Lipinski definition) is 6. The average molecular weight is 418 g/mol. The van der Waals surface area contributed by atoms with Gasteiger partial charge in [-0.15, -0.1) is 0 Å². The molecule has 0 amide bonds. The second-order valence-corrected chi connectivity index (χ2v) is 5.63. The van der Waals surface area contributed by atoms with Crippen molar-refractivity contribution in [2.24, 2.45) is 11.5 Å². The Morgan fingerprint density at radius 1 is 0.704 bits per heavy atom. The fourth-order valence-electron chi connectivity index (χ4n) is 1.95. The van der Waals surface area contributed by atoms with Crippen LogP contribution in [0.3, 0.4) is 0 Å². The average Bonchev–Trinajstić information content (AvgIpc) is 2.59. The van der Waals surface area contributed by atoms with Gasteiger partial charge in [-0.05, 0) is 48.2 Å². The van der Waals surface area contributed by atoms with E-state index >= 15 is 0 Å². The molecule has 8 N–H and O–H groups in total. The third kappa shape index (κ3) is 9.62. The molecule has 0 radical (unpaired) electrons. The van der Waals surface area contributed by atoms with Crippen molar-refractivity contribution in [2.75, 3.05) is 0 Å². The molecule has 27 heavy (non-hydrogen) atoms. The molecule has 0 heterocycles. The summed E-state index contributed by atoms with van der Waals surface area (Å²) in [6.45, 7) is 0. The first kappa shape index (κ1) is 24.4. The zero-order chi connectivity index (χ0) is 19.7. The summed E-state index contributed by atoms with van der Waals surface area (Å²) in [5.74, 6) is -1.72. The Labute approximate surface area is 166 Å². The molecule has 2 aromatic carbocycles. The van der Waals surface area contributed by atoms with Gasteiger partial charge in [-0.3, -0.25) is 9.59 Å². The van der Waals surface area contributed by atoms with Gasteiger partial charge >= 0.3 is 11.9 Å². The maximum atomic E-state index is 10.4. The van der Waals surface area contributed by atoms with Crippen LogP contribution in [0.1, 0.15) is 11.1 Å². The van der Waals surface area contributed by atoms with Gasteiger partial charge in [0.05, 0.1) is 0 Å². The monoisotopic (exact) mass is 418 g/mol. The molecule has 0 aromatic heterocycles. The second kappa shape index (κ2) is 11.9. The van der Waals surface area contributed by atoms with E-state index in [0.29, 0.717) is 0 Å². The summed E-state index contributed by atoms with van der Waals surface area (Å²) in [5.41, 5.74) is 12.2. The van der Waals surface area contributed by atoms with Crippen LogP contribution in [0, 0.1) is 0 Å². The Kier molecular flexibility index (Phi) is 10.8. The van der Waals surface area contributed by atoms with Crippen LogP contribution >= 0.6 is 0 Å². The Balaban J connectivity index is 0.000000483. The molecule has 0 spiro atoms. The van der Waals surface area contributed by atoms with Gasteiger partial charge in [-0.1, -0.05) is 24.3 Å². The number of carboxylic acid groups (broad SMARTS) is 2. The van der Waals surface area contributed by atoms with Crippen molar-refractivity contribution in [3.63, 3.8) is 0 Å². The van der Waals surface area contributed by atoms with Crippen molar-refractivity contribution >= 4 is 11.9 Å². The third-order valence-electron chi connectivity index (χ3n) is 3.42. The maximum Gasteiger partial charge on any atom is 0.320 e. The molecule has 2 rings (SSSR count). The molecule has 0 aliphatic rings. The van der Waals surface area contributed by atoms with Crippen molar-refractivity contribution in [3.05, 3.63) is 59.7 Å². The van der Waals surface area contributed by atoms with Crippen molar-refractivity contribution in [2.45, 2.75) is 24.9 Å². The van der Waals surface area contributed by atoms with Gasteiger partial charge in [-0.2, -0.15) is 0 Å². The number of hydrogen-bond donors (Lipinski definition) is 6. The minimum atomic E-state index is -1.02. The number of phenolic OH excluding ortho intramolecular Hbond substituents is 2. The quantitative estimate of drug-likeness (QED) is 0.373. The van der Waals surface area contributed by atoms with Crippen LogP contribution in [-0.2, 0) is 39.5 Å². The number of carbonyl (C=O) groups is 2. The van der Waals surface area contributed by atoms with Gasteiger partial charge in [0.2, 0.25) is 0 Å². The fraction of sp³-hybridized carbons (Fsp3) is 0.222. The number of phenols is 2. The summed E-state index contributed by atoms with van der Waals surface area (Å²) < 4.78 is 0. The summed E-state index contributed by atoms with van der Waals surface area (Å²) in [7, 11) is 0. The molecular weight excluding hydrogens is 396 g/mol. The molecule has 2 aromatic rings. The number of nitrogens with two attached hydrogens (primary N) is 2. The van der Waals surface area contributed by atoms with Crippen LogP contribution in [0.4, 0.5) is 0 Å². The SMILES string of the molecule is NC(Cc1ccc(O)cc1)C(=O)O.NC(Cc1ccc(O)cc1)C(=O)O.[Fe]. The maximum absolute atomic E-state index is 10.4. The standard InChI is InChI=1S/2C9H11NO3.Fe/c2*10-8(9(12)13)5-6-1-3-7(11)4-2-6;/h2*1-4,8,11H,5,10H2,(H,12,13);. The normalized spacial score (nSPS) is 11.9. The Morgan fingerprint density at radius 3 is 1.19 bits per heavy atom. The van der Waals surface area contributed by atoms with Gasteiger partial charge < -0.3 is 31.9 Å². The van der Waals surface area contributed by atoms with Crippen LogP contribution in [0.25, 0.3) is 0 Å². The van der Waals surface area contributed by atoms with Crippen molar-refractivity contribution < 1.29 is 47.1 Å². The molecule has 2 atom stereocenters. The van der Waals surface area contributed by atoms with Crippen LogP contribution in [0.2, 0.25) is 0 Å². The van der Waals surface area contributed by atoms with E-state index in [-0.39, 0.29) is 41.4 Å². The van der Waals surface area contributed by atoms with Gasteiger partial charge in [0.25, 0.3) is 0 Å². The molecule has 0 aliphatic heterocycles. The van der Waals surface area contributed by atoms with Crippen LogP contribution < -0.4 is 11.5 Å². The number of aliphatic carboxylic acids is 2. The molecule has 2 unspecified atom stereocenters. The van der Waals surface area contributed by atoms with E-state index < -0.39 is 24.0 Å². The Hall–Kier alpha value is -2.58. The van der Waals surface area contributed by atoms with Gasteiger partial charge in [0.15, 0.2) is 0 Å². The first-order valence-corrected chi connectivity index (χ1v) is 7.71. The van der Waals surface area contributed by atoms with E-state index in [2.05, 4.69) is 0 Å². The molecule has 9 heteroatoms. The number of rotatable bonds is 6. The zero-order valence-electron chi connectivity index (χ0n) is 14.3. The topological polar surface area (TPSA) is 167 Å². The minimum absolute atomic E-state index is 0.